The number of nitrogens with one attached hydrogen (secondary N) is 1. The van der Waals surface area contributed by atoms with Crippen molar-refractivity contribution in [1.29, 1.82) is 0 Å². The molecule has 2 aromatic rings. The molecule has 0 amide bonds. The number of imidazole rings is 1. The third-order valence-corrected chi connectivity index (χ3v) is 2.70. The van der Waals surface area contributed by atoms with E-state index >= 15 is 0 Å². The van der Waals surface area contributed by atoms with Crippen molar-refractivity contribution in [2.45, 2.75) is 26.9 Å². The monoisotopic (exact) mass is 203 g/mol. The van der Waals surface area contributed by atoms with Gasteiger partial charge >= 0.3 is 0 Å². The molecule has 3 heteroatoms. The van der Waals surface area contributed by atoms with Gasteiger partial charge in [-0.05, 0) is 38.6 Å². The second-order valence-corrected chi connectivity index (χ2v) is 3.76. The lowest BCUT2D eigenvalue weighted by Crippen LogP contribution is -2.04. The molecule has 0 aliphatic rings. The van der Waals surface area contributed by atoms with E-state index in [2.05, 4.69) is 46.9 Å². The van der Waals surface area contributed by atoms with E-state index in [1.165, 1.54) is 11.1 Å². The minimum absolute atomic E-state index is 0.897. The molecule has 0 atom stereocenters. The fourth-order valence-corrected chi connectivity index (χ4v) is 2.01. The summed E-state index contributed by atoms with van der Waals surface area (Å²) >= 11 is 0. The Morgan fingerprint density at radius 2 is 2.20 bits per heavy atom. The molecule has 0 aliphatic carbocycles. The molecule has 0 aliphatic heterocycles. The Kier molecular flexibility index (Phi) is 2.73. The van der Waals surface area contributed by atoms with E-state index in [-0.39, 0.29) is 0 Å². The Morgan fingerprint density at radius 1 is 1.40 bits per heavy atom. The van der Waals surface area contributed by atoms with Crippen LogP contribution in [0.15, 0.2) is 18.2 Å². The molecule has 1 aromatic carbocycles. The summed E-state index contributed by atoms with van der Waals surface area (Å²) in [7, 11) is 1.96. The fourth-order valence-electron chi connectivity index (χ4n) is 2.01. The minimum atomic E-state index is 0.897. The van der Waals surface area contributed by atoms with Crippen molar-refractivity contribution in [3.8, 4) is 0 Å². The van der Waals surface area contributed by atoms with Crippen molar-refractivity contribution >= 4 is 11.0 Å². The molecule has 0 unspecified atom stereocenters. The Labute approximate surface area is 90.1 Å². The Morgan fingerprint density at radius 3 is 2.87 bits per heavy atom. The van der Waals surface area contributed by atoms with E-state index in [9.17, 15) is 0 Å². The van der Waals surface area contributed by atoms with Gasteiger partial charge in [-0.15, -0.1) is 0 Å². The quantitative estimate of drug-likeness (QED) is 0.827. The van der Waals surface area contributed by atoms with Crippen molar-refractivity contribution < 1.29 is 0 Å². The molecule has 0 spiro atoms. The summed E-state index contributed by atoms with van der Waals surface area (Å²) in [6, 6.07) is 6.47. The molecule has 2 rings (SSSR count). The molecule has 1 heterocycles. The number of hydrogen-bond acceptors (Lipinski definition) is 2. The predicted octanol–water partition coefficient (Wildman–Crippen LogP) is 2.08. The van der Waals surface area contributed by atoms with Gasteiger partial charge in [0.25, 0.3) is 0 Å². The first kappa shape index (κ1) is 10.2. The second kappa shape index (κ2) is 4.03. The number of nitrogens with zero attached hydrogens (tertiary/aromatic N) is 2. The summed E-state index contributed by atoms with van der Waals surface area (Å²) in [6.45, 7) is 6.08. The fraction of sp³-hybridized carbons (Fsp3) is 0.417. The van der Waals surface area contributed by atoms with Gasteiger partial charge in [0.05, 0.1) is 11.0 Å². The predicted molar refractivity (Wildman–Crippen MR) is 62.9 cm³/mol. The van der Waals surface area contributed by atoms with Crippen molar-refractivity contribution in [2.24, 2.45) is 0 Å². The zero-order valence-electron chi connectivity index (χ0n) is 9.54. The van der Waals surface area contributed by atoms with E-state index in [1.54, 1.807) is 0 Å². The van der Waals surface area contributed by atoms with Gasteiger partial charge in [0.2, 0.25) is 0 Å². The highest BCUT2D eigenvalue weighted by atomic mass is 15.1. The van der Waals surface area contributed by atoms with E-state index in [0.717, 1.165) is 24.4 Å². The summed E-state index contributed by atoms with van der Waals surface area (Å²) in [6.07, 6.45) is 0. The Bertz CT molecular complexity index is 471. The standard InChI is InChI=1S/C12H17N3/c1-4-15-9(2)14-11-7-10(8-13-3)5-6-12(11)15/h5-7,13H,4,8H2,1-3H3. The summed E-state index contributed by atoms with van der Waals surface area (Å²) in [5.41, 5.74) is 3.61. The average molecular weight is 203 g/mol. The molecule has 0 radical (unpaired) electrons. The molecule has 15 heavy (non-hydrogen) atoms. The number of benzene rings is 1. The maximum Gasteiger partial charge on any atom is 0.106 e. The molecule has 1 N–H and O–H groups in total. The van der Waals surface area contributed by atoms with Crippen LogP contribution in [-0.4, -0.2) is 16.6 Å². The number of hydrogen-bond donors (Lipinski definition) is 1. The highest BCUT2D eigenvalue weighted by Crippen LogP contribution is 2.17. The minimum Gasteiger partial charge on any atom is -0.329 e. The molecule has 1 aromatic heterocycles. The van der Waals surface area contributed by atoms with Crippen LogP contribution in [0, 0.1) is 6.92 Å². The first-order valence-electron chi connectivity index (χ1n) is 5.36. The molecule has 0 bridgehead atoms. The molecule has 0 saturated heterocycles. The number of aryl methyl sites for hydroxylation is 2. The zero-order chi connectivity index (χ0) is 10.8. The van der Waals surface area contributed by atoms with Crippen molar-refractivity contribution in [3.63, 3.8) is 0 Å². The first-order chi connectivity index (χ1) is 7.26. The van der Waals surface area contributed by atoms with E-state index in [0.29, 0.717) is 0 Å². The van der Waals surface area contributed by atoms with Crippen LogP contribution in [0.1, 0.15) is 18.3 Å². The molecule has 80 valence electrons. The number of rotatable bonds is 3. The van der Waals surface area contributed by atoms with Crippen LogP contribution in [0.2, 0.25) is 0 Å². The lowest BCUT2D eigenvalue weighted by atomic mass is 10.2. The zero-order valence-corrected chi connectivity index (χ0v) is 9.54. The third-order valence-electron chi connectivity index (χ3n) is 2.70. The van der Waals surface area contributed by atoms with Gasteiger partial charge < -0.3 is 9.88 Å². The molecule has 0 saturated carbocycles. The van der Waals surface area contributed by atoms with Gasteiger partial charge in [0.15, 0.2) is 0 Å². The SMILES string of the molecule is CCn1c(C)nc2cc(CNC)ccc21. The maximum atomic E-state index is 4.56. The largest absolute Gasteiger partial charge is 0.329 e. The Balaban J connectivity index is 2.54. The summed E-state index contributed by atoms with van der Waals surface area (Å²) in [5, 5.41) is 3.15. The lowest BCUT2D eigenvalue weighted by Gasteiger charge is -2.02. The van der Waals surface area contributed by atoms with E-state index in [4.69, 9.17) is 0 Å². The number of fused-ring (bicyclic) bond motifs is 1. The topological polar surface area (TPSA) is 29.9 Å². The smallest absolute Gasteiger partial charge is 0.106 e. The highest BCUT2D eigenvalue weighted by molar-refractivity contribution is 5.76. The van der Waals surface area contributed by atoms with Crippen LogP contribution < -0.4 is 5.32 Å². The van der Waals surface area contributed by atoms with Crippen molar-refractivity contribution in [2.75, 3.05) is 7.05 Å². The van der Waals surface area contributed by atoms with Gasteiger partial charge in [-0.3, -0.25) is 0 Å². The van der Waals surface area contributed by atoms with Crippen LogP contribution in [0.5, 0.6) is 0 Å². The van der Waals surface area contributed by atoms with Gasteiger partial charge in [0.1, 0.15) is 5.82 Å². The lowest BCUT2D eigenvalue weighted by molar-refractivity contribution is 0.753. The molecule has 3 nitrogen and oxygen atoms in total. The summed E-state index contributed by atoms with van der Waals surface area (Å²) < 4.78 is 2.23. The number of aromatic nitrogens is 2. The van der Waals surface area contributed by atoms with E-state index in [1.807, 2.05) is 7.05 Å². The Hall–Kier alpha value is -1.35. The van der Waals surface area contributed by atoms with Gasteiger partial charge in [-0.2, -0.15) is 0 Å². The first-order valence-corrected chi connectivity index (χ1v) is 5.36. The third kappa shape index (κ3) is 1.75. The second-order valence-electron chi connectivity index (χ2n) is 3.76. The normalized spacial score (nSPS) is 11.1. The van der Waals surface area contributed by atoms with Gasteiger partial charge in [-0.1, -0.05) is 6.07 Å². The summed E-state index contributed by atoms with van der Waals surface area (Å²) in [5.74, 6) is 1.09. The van der Waals surface area contributed by atoms with Crippen LogP contribution in [0.25, 0.3) is 11.0 Å². The van der Waals surface area contributed by atoms with Crippen molar-refractivity contribution in [3.05, 3.63) is 29.6 Å². The molecule has 0 fully saturated rings. The van der Waals surface area contributed by atoms with Crippen LogP contribution >= 0.6 is 0 Å². The average Bonchev–Trinajstić information content (AvgIpc) is 2.53. The summed E-state index contributed by atoms with van der Waals surface area (Å²) in [4.78, 5) is 4.56. The molecular weight excluding hydrogens is 186 g/mol. The van der Waals surface area contributed by atoms with Gasteiger partial charge in [-0.25, -0.2) is 4.98 Å². The highest BCUT2D eigenvalue weighted by Gasteiger charge is 2.05. The molecular formula is C12H17N3. The van der Waals surface area contributed by atoms with Crippen LogP contribution in [0.3, 0.4) is 0 Å². The van der Waals surface area contributed by atoms with E-state index < -0.39 is 0 Å². The van der Waals surface area contributed by atoms with Crippen molar-refractivity contribution in [1.82, 2.24) is 14.9 Å². The maximum absolute atomic E-state index is 4.56. The van der Waals surface area contributed by atoms with Crippen LogP contribution in [-0.2, 0) is 13.1 Å². The van der Waals surface area contributed by atoms with Crippen LogP contribution in [0.4, 0.5) is 0 Å². The van der Waals surface area contributed by atoms with Gasteiger partial charge in [0, 0.05) is 13.1 Å².